The molecule has 2 nitrogen and oxygen atoms in total. The van der Waals surface area contributed by atoms with Gasteiger partial charge in [0.05, 0.1) is 6.54 Å². The van der Waals surface area contributed by atoms with Crippen LogP contribution in [-0.2, 0) is 4.79 Å². The number of nitrogens with one attached hydrogen (secondary N) is 1. The predicted molar refractivity (Wildman–Crippen MR) is 36.3 cm³/mol. The Morgan fingerprint density at radius 1 is 1.64 bits per heavy atom. The van der Waals surface area contributed by atoms with E-state index in [1.807, 2.05) is 0 Å². The van der Waals surface area contributed by atoms with E-state index in [1.54, 1.807) is 0 Å². The zero-order valence-corrected chi connectivity index (χ0v) is 5.94. The van der Waals surface area contributed by atoms with E-state index >= 15 is 0 Å². The van der Waals surface area contributed by atoms with E-state index in [-0.39, 0.29) is 18.1 Å². The van der Waals surface area contributed by atoms with Crippen LogP contribution in [0.4, 0.5) is 8.78 Å². The van der Waals surface area contributed by atoms with Gasteiger partial charge in [-0.25, -0.2) is 0 Å². The van der Waals surface area contributed by atoms with Crippen molar-refractivity contribution in [1.29, 1.82) is 0 Å². The summed E-state index contributed by atoms with van der Waals surface area (Å²) in [6.45, 7) is 0.793. The first-order valence-corrected chi connectivity index (χ1v) is 3.43. The van der Waals surface area contributed by atoms with Crippen LogP contribution < -0.4 is 5.32 Å². The molecule has 0 radical (unpaired) electrons. The van der Waals surface area contributed by atoms with E-state index in [1.165, 1.54) is 0 Å². The lowest BCUT2D eigenvalue weighted by Crippen LogP contribution is -2.35. The SMILES string of the molecule is O=C1CNCC(C=C(F)F)C1. The minimum atomic E-state index is -1.70. The molecule has 1 atom stereocenters. The summed E-state index contributed by atoms with van der Waals surface area (Å²) in [4.78, 5) is 10.7. The first kappa shape index (κ1) is 8.33. The van der Waals surface area contributed by atoms with E-state index in [0.29, 0.717) is 13.1 Å². The van der Waals surface area contributed by atoms with Gasteiger partial charge in [-0.3, -0.25) is 4.79 Å². The van der Waals surface area contributed by atoms with Gasteiger partial charge in [0, 0.05) is 18.9 Å². The van der Waals surface area contributed by atoms with Crippen molar-refractivity contribution in [2.24, 2.45) is 5.92 Å². The van der Waals surface area contributed by atoms with E-state index in [0.717, 1.165) is 6.08 Å². The van der Waals surface area contributed by atoms with Crippen molar-refractivity contribution >= 4 is 5.78 Å². The average molecular weight is 161 g/mol. The van der Waals surface area contributed by atoms with E-state index in [4.69, 9.17) is 0 Å². The van der Waals surface area contributed by atoms with Gasteiger partial charge in [-0.2, -0.15) is 8.78 Å². The molecule has 0 amide bonds. The summed E-state index contributed by atoms with van der Waals surface area (Å²) in [6.07, 6.45) is -0.625. The second kappa shape index (κ2) is 3.57. The number of ketones is 1. The van der Waals surface area contributed by atoms with Gasteiger partial charge in [-0.15, -0.1) is 0 Å². The quantitative estimate of drug-likeness (QED) is 0.620. The fourth-order valence-electron chi connectivity index (χ4n) is 1.13. The zero-order valence-electron chi connectivity index (χ0n) is 5.94. The molecule has 1 rings (SSSR count). The number of halogens is 2. The van der Waals surface area contributed by atoms with Gasteiger partial charge >= 0.3 is 0 Å². The van der Waals surface area contributed by atoms with Gasteiger partial charge in [0.1, 0.15) is 5.78 Å². The predicted octanol–water partition coefficient (Wildman–Crippen LogP) is 0.945. The highest BCUT2D eigenvalue weighted by molar-refractivity contribution is 5.81. The third-order valence-electron chi connectivity index (χ3n) is 1.58. The van der Waals surface area contributed by atoms with Crippen molar-refractivity contribution < 1.29 is 13.6 Å². The van der Waals surface area contributed by atoms with Crippen LogP contribution >= 0.6 is 0 Å². The van der Waals surface area contributed by atoms with Crippen LogP contribution in [-0.4, -0.2) is 18.9 Å². The maximum Gasteiger partial charge on any atom is 0.266 e. The topological polar surface area (TPSA) is 29.1 Å². The van der Waals surface area contributed by atoms with E-state index in [2.05, 4.69) is 5.32 Å². The molecular weight excluding hydrogens is 152 g/mol. The van der Waals surface area contributed by atoms with Crippen molar-refractivity contribution in [3.63, 3.8) is 0 Å². The number of hydrogen-bond donors (Lipinski definition) is 1. The van der Waals surface area contributed by atoms with Crippen molar-refractivity contribution in [3.05, 3.63) is 12.2 Å². The Morgan fingerprint density at radius 3 is 2.91 bits per heavy atom. The fraction of sp³-hybridized carbons (Fsp3) is 0.571. The van der Waals surface area contributed by atoms with E-state index < -0.39 is 6.08 Å². The van der Waals surface area contributed by atoms with Crippen molar-refractivity contribution in [3.8, 4) is 0 Å². The molecule has 1 unspecified atom stereocenters. The standard InChI is InChI=1S/C7H9F2NO/c8-7(9)2-5-1-6(11)4-10-3-5/h2,5,10H,1,3-4H2. The Balaban J connectivity index is 2.46. The zero-order chi connectivity index (χ0) is 8.27. The largest absolute Gasteiger partial charge is 0.309 e. The third kappa shape index (κ3) is 2.76. The Kier molecular flexibility index (Phi) is 2.70. The Morgan fingerprint density at radius 2 is 2.36 bits per heavy atom. The van der Waals surface area contributed by atoms with Crippen LogP contribution in [0, 0.1) is 5.92 Å². The summed E-state index contributed by atoms with van der Waals surface area (Å²) < 4.78 is 23.3. The lowest BCUT2D eigenvalue weighted by atomic mass is 9.99. The maximum atomic E-state index is 11.7. The number of hydrogen-bond acceptors (Lipinski definition) is 2. The number of carbonyl (C=O) groups excluding carboxylic acids is 1. The minimum Gasteiger partial charge on any atom is -0.309 e. The summed E-state index contributed by atoms with van der Waals surface area (Å²) in [6, 6.07) is 0. The van der Waals surface area contributed by atoms with Crippen LogP contribution in [0.3, 0.4) is 0 Å². The molecule has 1 aliphatic heterocycles. The lowest BCUT2D eigenvalue weighted by molar-refractivity contribution is -0.119. The Hall–Kier alpha value is -0.770. The van der Waals surface area contributed by atoms with Gasteiger partial charge in [-0.05, 0) is 6.08 Å². The number of piperidine rings is 1. The molecule has 0 saturated carbocycles. The summed E-state index contributed by atoms with van der Waals surface area (Å²) in [5, 5.41) is 2.76. The summed E-state index contributed by atoms with van der Waals surface area (Å²) in [7, 11) is 0. The van der Waals surface area contributed by atoms with Crippen LogP contribution in [0.25, 0.3) is 0 Å². The Bertz CT molecular complexity index is 187. The maximum absolute atomic E-state index is 11.7. The molecule has 1 fully saturated rings. The molecule has 0 aliphatic carbocycles. The molecular formula is C7H9F2NO. The highest BCUT2D eigenvalue weighted by Crippen LogP contribution is 2.12. The normalized spacial score (nSPS) is 24.9. The molecule has 1 saturated heterocycles. The van der Waals surface area contributed by atoms with Crippen molar-refractivity contribution in [2.45, 2.75) is 6.42 Å². The molecule has 0 aromatic carbocycles. The summed E-state index contributed by atoms with van der Waals surface area (Å²) in [5.74, 6) is -0.319. The number of carbonyl (C=O) groups is 1. The second-order valence-electron chi connectivity index (χ2n) is 2.59. The van der Waals surface area contributed by atoms with E-state index in [9.17, 15) is 13.6 Å². The third-order valence-corrected chi connectivity index (χ3v) is 1.58. The first-order valence-electron chi connectivity index (χ1n) is 3.43. The van der Waals surface area contributed by atoms with Crippen LogP contribution in [0.15, 0.2) is 12.2 Å². The molecule has 1 N–H and O–H groups in total. The smallest absolute Gasteiger partial charge is 0.266 e. The van der Waals surface area contributed by atoms with Crippen LogP contribution in [0.2, 0.25) is 0 Å². The van der Waals surface area contributed by atoms with Gasteiger partial charge in [0.15, 0.2) is 0 Å². The van der Waals surface area contributed by atoms with Gasteiger partial charge < -0.3 is 5.32 Å². The molecule has 1 aliphatic rings. The minimum absolute atomic E-state index is 0.00116. The lowest BCUT2D eigenvalue weighted by Gasteiger charge is -2.17. The highest BCUT2D eigenvalue weighted by atomic mass is 19.3. The number of rotatable bonds is 1. The molecule has 4 heteroatoms. The summed E-state index contributed by atoms with van der Waals surface area (Å²) >= 11 is 0. The molecule has 0 aromatic rings. The van der Waals surface area contributed by atoms with Crippen LogP contribution in [0.1, 0.15) is 6.42 Å². The van der Waals surface area contributed by atoms with Crippen LogP contribution in [0.5, 0.6) is 0 Å². The Labute approximate surface area is 63.3 Å². The van der Waals surface area contributed by atoms with Gasteiger partial charge in [0.25, 0.3) is 6.08 Å². The van der Waals surface area contributed by atoms with Gasteiger partial charge in [0.2, 0.25) is 0 Å². The second-order valence-corrected chi connectivity index (χ2v) is 2.59. The van der Waals surface area contributed by atoms with Crippen molar-refractivity contribution in [1.82, 2.24) is 5.32 Å². The summed E-state index contributed by atoms with van der Waals surface area (Å²) in [5.41, 5.74) is 0. The first-order chi connectivity index (χ1) is 5.18. The molecule has 11 heavy (non-hydrogen) atoms. The molecule has 62 valence electrons. The molecule has 0 bridgehead atoms. The monoisotopic (exact) mass is 161 g/mol. The molecule has 0 spiro atoms. The molecule has 1 heterocycles. The highest BCUT2D eigenvalue weighted by Gasteiger charge is 2.17. The molecule has 0 aromatic heterocycles. The number of Topliss-reactive ketones (excluding diaryl/α,β-unsaturated/α-hetero) is 1. The average Bonchev–Trinajstić information content (AvgIpc) is 1.85. The van der Waals surface area contributed by atoms with Gasteiger partial charge in [-0.1, -0.05) is 0 Å². The fourth-order valence-corrected chi connectivity index (χ4v) is 1.13. The van der Waals surface area contributed by atoms with Crippen molar-refractivity contribution in [2.75, 3.05) is 13.1 Å².